The lowest BCUT2D eigenvalue weighted by Crippen LogP contribution is -2.22. The zero-order valence-corrected chi connectivity index (χ0v) is 17.5. The molecule has 2 aromatic carbocycles. The fraction of sp³-hybridized carbons (Fsp3) is 0.391. The Labute approximate surface area is 172 Å². The molecule has 0 bridgehead atoms. The first-order chi connectivity index (χ1) is 13.8. The highest BCUT2D eigenvalue weighted by Gasteiger charge is 2.14. The van der Waals surface area contributed by atoms with Crippen molar-refractivity contribution >= 4 is 5.91 Å². The van der Waals surface area contributed by atoms with Crippen LogP contribution in [0.4, 0.5) is 0 Å². The summed E-state index contributed by atoms with van der Waals surface area (Å²) in [6, 6.07) is 15.3. The van der Waals surface area contributed by atoms with Crippen molar-refractivity contribution in [3.05, 3.63) is 53.6 Å². The SMILES string of the molecule is COc1cccc(CNC(=O)CC#N)c1OCCOc1ccc(C(C)(C)C)cc1. The summed E-state index contributed by atoms with van der Waals surface area (Å²) < 4.78 is 17.0. The van der Waals surface area contributed by atoms with E-state index in [9.17, 15) is 4.79 Å². The highest BCUT2D eigenvalue weighted by molar-refractivity contribution is 5.78. The summed E-state index contributed by atoms with van der Waals surface area (Å²) in [5.41, 5.74) is 2.12. The van der Waals surface area contributed by atoms with Gasteiger partial charge in [0.1, 0.15) is 25.4 Å². The minimum absolute atomic E-state index is 0.102. The van der Waals surface area contributed by atoms with Gasteiger partial charge in [0.2, 0.25) is 5.91 Å². The van der Waals surface area contributed by atoms with Crippen molar-refractivity contribution in [3.8, 4) is 23.3 Å². The van der Waals surface area contributed by atoms with Gasteiger partial charge >= 0.3 is 0 Å². The Kier molecular flexibility index (Phi) is 7.90. The summed E-state index contributed by atoms with van der Waals surface area (Å²) in [5.74, 6) is 1.58. The van der Waals surface area contributed by atoms with Crippen molar-refractivity contribution in [2.75, 3.05) is 20.3 Å². The highest BCUT2D eigenvalue weighted by Crippen LogP contribution is 2.31. The van der Waals surface area contributed by atoms with Gasteiger partial charge in [-0.1, -0.05) is 45.0 Å². The van der Waals surface area contributed by atoms with Crippen LogP contribution in [0.25, 0.3) is 0 Å². The molecule has 0 saturated carbocycles. The number of hydrogen-bond donors (Lipinski definition) is 1. The first-order valence-electron chi connectivity index (χ1n) is 9.51. The molecule has 0 fully saturated rings. The van der Waals surface area contributed by atoms with E-state index in [4.69, 9.17) is 19.5 Å². The normalized spacial score (nSPS) is 10.7. The van der Waals surface area contributed by atoms with E-state index in [1.165, 1.54) is 5.56 Å². The molecule has 2 aromatic rings. The zero-order chi connectivity index (χ0) is 21.3. The molecule has 0 spiro atoms. The van der Waals surface area contributed by atoms with E-state index in [0.29, 0.717) is 24.7 Å². The Morgan fingerprint density at radius 2 is 1.76 bits per heavy atom. The van der Waals surface area contributed by atoms with Gasteiger partial charge in [-0.2, -0.15) is 5.26 Å². The predicted octanol–water partition coefficient (Wildman–Crippen LogP) is 3.98. The van der Waals surface area contributed by atoms with Crippen LogP contribution in [0, 0.1) is 11.3 Å². The molecule has 0 radical (unpaired) electrons. The van der Waals surface area contributed by atoms with Crippen molar-refractivity contribution in [1.29, 1.82) is 5.26 Å². The molecular weight excluding hydrogens is 368 g/mol. The summed E-state index contributed by atoms with van der Waals surface area (Å²) in [5, 5.41) is 11.3. The first-order valence-corrected chi connectivity index (χ1v) is 9.51. The number of carbonyl (C=O) groups is 1. The molecule has 6 nitrogen and oxygen atoms in total. The molecule has 0 aliphatic rings. The molecule has 0 aliphatic carbocycles. The van der Waals surface area contributed by atoms with E-state index in [1.807, 2.05) is 30.3 Å². The first kappa shape index (κ1) is 22.1. The maximum atomic E-state index is 11.6. The highest BCUT2D eigenvalue weighted by atomic mass is 16.5. The molecular formula is C23H28N2O4. The van der Waals surface area contributed by atoms with Crippen LogP contribution >= 0.6 is 0 Å². The lowest BCUT2D eigenvalue weighted by molar-refractivity contribution is -0.120. The molecule has 1 N–H and O–H groups in total. The standard InChI is InChI=1S/C23H28N2O4/c1-23(2,3)18-8-10-19(11-9-18)28-14-15-29-22-17(6-5-7-20(22)27-4)16-25-21(26)12-13-24/h5-11H,12,14-16H2,1-4H3,(H,25,26). The molecule has 1 amide bonds. The third-order valence-corrected chi connectivity index (χ3v) is 4.31. The second-order valence-electron chi connectivity index (χ2n) is 7.53. The van der Waals surface area contributed by atoms with Crippen molar-refractivity contribution in [1.82, 2.24) is 5.32 Å². The molecule has 0 aromatic heterocycles. The number of carbonyl (C=O) groups excluding carboxylic acids is 1. The van der Waals surface area contributed by atoms with Crippen LogP contribution in [0.2, 0.25) is 0 Å². The van der Waals surface area contributed by atoms with E-state index in [2.05, 4.69) is 38.2 Å². The van der Waals surface area contributed by atoms with E-state index in [1.54, 1.807) is 13.2 Å². The Balaban J connectivity index is 1.94. The third-order valence-electron chi connectivity index (χ3n) is 4.31. The Bertz CT molecular complexity index is 849. The number of amides is 1. The van der Waals surface area contributed by atoms with Crippen LogP contribution in [0.1, 0.15) is 38.3 Å². The van der Waals surface area contributed by atoms with Gasteiger partial charge in [-0.25, -0.2) is 0 Å². The number of methoxy groups -OCH3 is 1. The predicted molar refractivity (Wildman–Crippen MR) is 111 cm³/mol. The quantitative estimate of drug-likeness (QED) is 0.649. The number of hydrogen-bond acceptors (Lipinski definition) is 5. The number of benzene rings is 2. The number of para-hydroxylation sites is 1. The third kappa shape index (κ3) is 6.72. The lowest BCUT2D eigenvalue weighted by Gasteiger charge is -2.19. The van der Waals surface area contributed by atoms with Crippen molar-refractivity contribution in [2.45, 2.75) is 39.2 Å². The topological polar surface area (TPSA) is 80.6 Å². The van der Waals surface area contributed by atoms with Crippen LogP contribution in [0.15, 0.2) is 42.5 Å². The molecule has 0 atom stereocenters. The molecule has 2 rings (SSSR count). The Morgan fingerprint density at radius 3 is 2.38 bits per heavy atom. The number of nitrogens with zero attached hydrogens (tertiary/aromatic N) is 1. The minimum Gasteiger partial charge on any atom is -0.493 e. The fourth-order valence-electron chi connectivity index (χ4n) is 2.71. The van der Waals surface area contributed by atoms with Gasteiger partial charge in [0.15, 0.2) is 11.5 Å². The van der Waals surface area contributed by atoms with Gasteiger partial charge in [0, 0.05) is 12.1 Å². The van der Waals surface area contributed by atoms with Gasteiger partial charge in [-0.05, 0) is 29.2 Å². The number of ether oxygens (including phenoxy) is 3. The smallest absolute Gasteiger partial charge is 0.234 e. The van der Waals surface area contributed by atoms with Gasteiger partial charge in [0.05, 0.1) is 13.2 Å². The molecule has 6 heteroatoms. The van der Waals surface area contributed by atoms with Gasteiger partial charge < -0.3 is 19.5 Å². The molecule has 154 valence electrons. The summed E-state index contributed by atoms with van der Waals surface area (Å²) in [4.78, 5) is 11.6. The van der Waals surface area contributed by atoms with Gasteiger partial charge in [-0.15, -0.1) is 0 Å². The summed E-state index contributed by atoms with van der Waals surface area (Å²) in [6.07, 6.45) is -0.179. The molecule has 0 heterocycles. The summed E-state index contributed by atoms with van der Waals surface area (Å²) >= 11 is 0. The number of nitriles is 1. The molecule has 0 saturated heterocycles. The second kappa shape index (κ2) is 10.4. The molecule has 0 aliphatic heterocycles. The van der Waals surface area contributed by atoms with Crippen molar-refractivity contribution < 1.29 is 19.0 Å². The average Bonchev–Trinajstić information content (AvgIpc) is 2.69. The monoisotopic (exact) mass is 396 g/mol. The minimum atomic E-state index is -0.330. The molecule has 29 heavy (non-hydrogen) atoms. The van der Waals surface area contributed by atoms with Crippen molar-refractivity contribution in [2.24, 2.45) is 0 Å². The van der Waals surface area contributed by atoms with Crippen LogP contribution in [0.5, 0.6) is 17.2 Å². The Morgan fingerprint density at radius 1 is 1.07 bits per heavy atom. The Hall–Kier alpha value is -3.20. The maximum Gasteiger partial charge on any atom is 0.234 e. The van der Waals surface area contributed by atoms with Crippen LogP contribution in [-0.4, -0.2) is 26.2 Å². The van der Waals surface area contributed by atoms with Crippen LogP contribution in [-0.2, 0) is 16.8 Å². The zero-order valence-electron chi connectivity index (χ0n) is 17.5. The van der Waals surface area contributed by atoms with Crippen molar-refractivity contribution in [3.63, 3.8) is 0 Å². The van der Waals surface area contributed by atoms with E-state index in [0.717, 1.165) is 11.3 Å². The largest absolute Gasteiger partial charge is 0.493 e. The number of nitrogens with one attached hydrogen (secondary N) is 1. The maximum absolute atomic E-state index is 11.6. The fourth-order valence-corrected chi connectivity index (χ4v) is 2.71. The van der Waals surface area contributed by atoms with Crippen LogP contribution < -0.4 is 19.5 Å². The number of rotatable bonds is 9. The van der Waals surface area contributed by atoms with Gasteiger partial charge in [-0.3, -0.25) is 4.79 Å². The second-order valence-corrected chi connectivity index (χ2v) is 7.53. The lowest BCUT2D eigenvalue weighted by atomic mass is 9.87. The van der Waals surface area contributed by atoms with E-state index in [-0.39, 0.29) is 24.3 Å². The summed E-state index contributed by atoms with van der Waals surface area (Å²) in [6.45, 7) is 7.45. The summed E-state index contributed by atoms with van der Waals surface area (Å²) in [7, 11) is 1.56. The van der Waals surface area contributed by atoms with E-state index < -0.39 is 0 Å². The van der Waals surface area contributed by atoms with Crippen LogP contribution in [0.3, 0.4) is 0 Å². The molecule has 0 unspecified atom stereocenters. The van der Waals surface area contributed by atoms with Gasteiger partial charge in [0.25, 0.3) is 0 Å². The van der Waals surface area contributed by atoms with E-state index >= 15 is 0 Å². The average molecular weight is 396 g/mol.